The number of rotatable bonds is 7. The van der Waals surface area contributed by atoms with E-state index in [0.717, 1.165) is 25.9 Å². The number of likely N-dealkylation sites (N-methyl/N-ethyl adjacent to an activating group) is 1. The van der Waals surface area contributed by atoms with E-state index in [-0.39, 0.29) is 17.4 Å². The monoisotopic (exact) mass is 272 g/mol. The highest BCUT2D eigenvalue weighted by atomic mass is 16.5. The van der Waals surface area contributed by atoms with Crippen LogP contribution in [0.5, 0.6) is 0 Å². The maximum Gasteiger partial charge on any atom is 0.231 e. The molecule has 5 heteroatoms. The van der Waals surface area contributed by atoms with Crippen LogP contribution in [0.3, 0.4) is 0 Å². The Bertz CT molecular complexity index is 270. The molecule has 1 aliphatic rings. The van der Waals surface area contributed by atoms with E-state index in [9.17, 15) is 4.79 Å². The van der Waals surface area contributed by atoms with Crippen molar-refractivity contribution in [2.24, 2.45) is 5.41 Å². The number of carbonyl (C=O) groups is 1. The van der Waals surface area contributed by atoms with Gasteiger partial charge in [-0.2, -0.15) is 0 Å². The Labute approximate surface area is 116 Å². The molecule has 0 spiro atoms. The molecule has 0 bridgehead atoms. The number of methoxy groups -OCH3 is 1. The number of ether oxygens (including phenoxy) is 2. The predicted octanol–water partition coefficient (Wildman–Crippen LogP) is 0.886. The second kappa shape index (κ2) is 7.82. The molecule has 0 unspecified atom stereocenters. The summed E-state index contributed by atoms with van der Waals surface area (Å²) in [5.74, 6) is 0.184. The second-order valence-electron chi connectivity index (χ2n) is 5.61. The molecule has 0 saturated carbocycles. The molecule has 0 aliphatic carbocycles. The fraction of sp³-hybridized carbons (Fsp3) is 0.929. The summed E-state index contributed by atoms with van der Waals surface area (Å²) in [5.41, 5.74) is -0.355. The van der Waals surface area contributed by atoms with Crippen molar-refractivity contribution in [3.05, 3.63) is 0 Å². The van der Waals surface area contributed by atoms with Gasteiger partial charge in [0.1, 0.15) is 0 Å². The minimum Gasteiger partial charge on any atom is -0.384 e. The molecule has 5 nitrogen and oxygen atoms in total. The smallest absolute Gasteiger partial charge is 0.231 e. The van der Waals surface area contributed by atoms with E-state index in [1.54, 1.807) is 12.0 Å². The average Bonchev–Trinajstić information content (AvgIpc) is 2.38. The first-order chi connectivity index (χ1) is 9.02. The van der Waals surface area contributed by atoms with E-state index in [1.807, 2.05) is 20.9 Å². The van der Waals surface area contributed by atoms with Gasteiger partial charge in [-0.3, -0.25) is 4.79 Å². The lowest BCUT2D eigenvalue weighted by Crippen LogP contribution is -2.51. The van der Waals surface area contributed by atoms with Crippen LogP contribution in [-0.4, -0.2) is 63.9 Å². The molecule has 0 aromatic rings. The van der Waals surface area contributed by atoms with E-state index in [1.165, 1.54) is 0 Å². The average molecular weight is 272 g/mol. The third kappa shape index (κ3) is 4.75. The van der Waals surface area contributed by atoms with Gasteiger partial charge < -0.3 is 19.7 Å². The molecular weight excluding hydrogens is 244 g/mol. The molecule has 0 aromatic carbocycles. The second-order valence-corrected chi connectivity index (χ2v) is 5.61. The topological polar surface area (TPSA) is 50.8 Å². The van der Waals surface area contributed by atoms with E-state index >= 15 is 0 Å². The summed E-state index contributed by atoms with van der Waals surface area (Å²) in [4.78, 5) is 14.4. The lowest BCUT2D eigenvalue weighted by molar-refractivity contribution is -0.147. The van der Waals surface area contributed by atoms with Crippen LogP contribution in [0.1, 0.15) is 26.7 Å². The van der Waals surface area contributed by atoms with E-state index in [4.69, 9.17) is 9.47 Å². The SMILES string of the molecule is COCC1(C(=O)N(C)CCOC(C)C)CCNCC1. The van der Waals surface area contributed by atoms with Gasteiger partial charge >= 0.3 is 0 Å². The highest BCUT2D eigenvalue weighted by Crippen LogP contribution is 2.31. The number of piperidine rings is 1. The molecular formula is C14H28N2O3. The number of hydrogen-bond donors (Lipinski definition) is 1. The highest BCUT2D eigenvalue weighted by molar-refractivity contribution is 5.82. The summed E-state index contributed by atoms with van der Waals surface area (Å²) in [7, 11) is 3.52. The minimum absolute atomic E-state index is 0.184. The maximum absolute atomic E-state index is 12.6. The Morgan fingerprint density at radius 3 is 2.53 bits per heavy atom. The molecule has 1 rings (SSSR count). The lowest BCUT2D eigenvalue weighted by Gasteiger charge is -2.38. The number of hydrogen-bond acceptors (Lipinski definition) is 4. The minimum atomic E-state index is -0.355. The zero-order valence-corrected chi connectivity index (χ0v) is 12.7. The lowest BCUT2D eigenvalue weighted by atomic mass is 9.78. The first kappa shape index (κ1) is 16.4. The van der Waals surface area contributed by atoms with Crippen molar-refractivity contribution in [3.8, 4) is 0 Å². The summed E-state index contributed by atoms with van der Waals surface area (Å²) in [6.07, 6.45) is 1.89. The number of amides is 1. The molecule has 1 amide bonds. The zero-order valence-electron chi connectivity index (χ0n) is 12.7. The van der Waals surface area contributed by atoms with Crippen LogP contribution < -0.4 is 5.32 Å². The standard InChI is InChI=1S/C14H28N2O3/c1-12(2)19-10-9-16(3)13(17)14(11-18-4)5-7-15-8-6-14/h12,15H,5-11H2,1-4H3. The molecule has 19 heavy (non-hydrogen) atoms. The van der Waals surface area contributed by atoms with Gasteiger partial charge in [0.05, 0.1) is 24.7 Å². The van der Waals surface area contributed by atoms with Crippen molar-refractivity contribution >= 4 is 5.91 Å². The van der Waals surface area contributed by atoms with Crippen molar-refractivity contribution in [3.63, 3.8) is 0 Å². The fourth-order valence-corrected chi connectivity index (χ4v) is 2.53. The number of nitrogens with one attached hydrogen (secondary N) is 1. The summed E-state index contributed by atoms with van der Waals surface area (Å²) in [6, 6.07) is 0. The van der Waals surface area contributed by atoms with E-state index in [0.29, 0.717) is 19.8 Å². The van der Waals surface area contributed by atoms with Crippen LogP contribution >= 0.6 is 0 Å². The Hall–Kier alpha value is -0.650. The van der Waals surface area contributed by atoms with Gasteiger partial charge in [0.2, 0.25) is 5.91 Å². The molecule has 1 heterocycles. The normalized spacial score (nSPS) is 18.6. The van der Waals surface area contributed by atoms with E-state index in [2.05, 4.69) is 5.32 Å². The Morgan fingerprint density at radius 2 is 2.00 bits per heavy atom. The van der Waals surface area contributed by atoms with Gasteiger partial charge in [-0.05, 0) is 39.8 Å². The molecule has 0 aromatic heterocycles. The van der Waals surface area contributed by atoms with E-state index < -0.39 is 0 Å². The Kier molecular flexibility index (Phi) is 6.75. The van der Waals surface area contributed by atoms with Crippen molar-refractivity contribution in [1.29, 1.82) is 0 Å². The van der Waals surface area contributed by atoms with Crippen molar-refractivity contribution < 1.29 is 14.3 Å². The third-order valence-corrected chi connectivity index (χ3v) is 3.66. The first-order valence-corrected chi connectivity index (χ1v) is 7.08. The first-order valence-electron chi connectivity index (χ1n) is 7.08. The fourth-order valence-electron chi connectivity index (χ4n) is 2.53. The van der Waals surface area contributed by atoms with Crippen LogP contribution in [-0.2, 0) is 14.3 Å². The molecule has 1 fully saturated rings. The zero-order chi connectivity index (χ0) is 14.3. The maximum atomic E-state index is 12.6. The highest BCUT2D eigenvalue weighted by Gasteiger charge is 2.41. The number of carbonyl (C=O) groups excluding carboxylic acids is 1. The number of nitrogens with zero attached hydrogens (tertiary/aromatic N) is 1. The summed E-state index contributed by atoms with van der Waals surface area (Å²) in [6.45, 7) is 7.49. The van der Waals surface area contributed by atoms with Crippen molar-refractivity contribution in [2.75, 3.05) is 47.0 Å². The van der Waals surface area contributed by atoms with Crippen LogP contribution in [0, 0.1) is 5.41 Å². The molecule has 0 atom stereocenters. The van der Waals surface area contributed by atoms with Gasteiger partial charge in [-0.15, -0.1) is 0 Å². The molecule has 1 aliphatic heterocycles. The Morgan fingerprint density at radius 1 is 1.37 bits per heavy atom. The predicted molar refractivity (Wildman–Crippen MR) is 75.1 cm³/mol. The van der Waals surface area contributed by atoms with Gasteiger partial charge in [0.15, 0.2) is 0 Å². The quantitative estimate of drug-likeness (QED) is 0.748. The van der Waals surface area contributed by atoms with Gasteiger partial charge in [0, 0.05) is 20.7 Å². The van der Waals surface area contributed by atoms with Gasteiger partial charge in [0.25, 0.3) is 0 Å². The summed E-state index contributed by atoms with van der Waals surface area (Å²) >= 11 is 0. The summed E-state index contributed by atoms with van der Waals surface area (Å²) in [5, 5.41) is 3.30. The molecule has 0 radical (unpaired) electrons. The van der Waals surface area contributed by atoms with Crippen molar-refractivity contribution in [2.45, 2.75) is 32.8 Å². The molecule has 112 valence electrons. The third-order valence-electron chi connectivity index (χ3n) is 3.66. The summed E-state index contributed by atoms with van der Waals surface area (Å²) < 4.78 is 10.8. The van der Waals surface area contributed by atoms with Crippen LogP contribution in [0.15, 0.2) is 0 Å². The molecule has 1 N–H and O–H groups in total. The van der Waals surface area contributed by atoms with Gasteiger partial charge in [-0.25, -0.2) is 0 Å². The van der Waals surface area contributed by atoms with Crippen LogP contribution in [0.4, 0.5) is 0 Å². The molecule has 1 saturated heterocycles. The van der Waals surface area contributed by atoms with Crippen molar-refractivity contribution in [1.82, 2.24) is 10.2 Å². The Balaban J connectivity index is 2.55. The largest absolute Gasteiger partial charge is 0.384 e. The van der Waals surface area contributed by atoms with Crippen LogP contribution in [0.25, 0.3) is 0 Å². The van der Waals surface area contributed by atoms with Gasteiger partial charge in [-0.1, -0.05) is 0 Å². The van der Waals surface area contributed by atoms with Crippen LogP contribution in [0.2, 0.25) is 0 Å².